The largest absolute Gasteiger partial charge is 0.301 e. The number of amidine groups is 1. The molecular formula is C10H7IN2. The summed E-state index contributed by atoms with van der Waals surface area (Å²) in [4.78, 5) is 2.13. The maximum Gasteiger partial charge on any atom is 0.143 e. The molecule has 2 aliphatic rings. The molecule has 0 spiro atoms. The summed E-state index contributed by atoms with van der Waals surface area (Å²) in [6.07, 6.45) is 4.30. The number of fused-ring (bicyclic) bond motifs is 2. The van der Waals surface area contributed by atoms with Crippen LogP contribution in [0.1, 0.15) is 0 Å². The van der Waals surface area contributed by atoms with Crippen LogP contribution in [0.2, 0.25) is 0 Å². The third kappa shape index (κ3) is 1.14. The van der Waals surface area contributed by atoms with E-state index in [1.54, 1.807) is 0 Å². The van der Waals surface area contributed by atoms with Crippen LogP contribution in [-0.4, -0.2) is 14.9 Å². The van der Waals surface area contributed by atoms with Crippen molar-refractivity contribution in [1.29, 1.82) is 0 Å². The Labute approximate surface area is 86.0 Å². The molecule has 0 N–H and O–H groups in total. The zero-order chi connectivity index (χ0) is 8.67. The van der Waals surface area contributed by atoms with Crippen LogP contribution < -0.4 is 10.4 Å². The van der Waals surface area contributed by atoms with Gasteiger partial charge >= 0.3 is 0 Å². The molecule has 2 heterocycles. The van der Waals surface area contributed by atoms with Gasteiger partial charge in [-0.05, 0) is 16.5 Å². The monoisotopic (exact) mass is 282 g/mol. The van der Waals surface area contributed by atoms with Crippen molar-refractivity contribution in [3.05, 3.63) is 34.7 Å². The summed E-state index contributed by atoms with van der Waals surface area (Å²) in [6.45, 7) is 0. The molecule has 0 aliphatic carbocycles. The van der Waals surface area contributed by atoms with Gasteiger partial charge in [0.2, 0.25) is 0 Å². The second-order valence-electron chi connectivity index (χ2n) is 2.95. The molecular weight excluding hydrogens is 275 g/mol. The predicted octanol–water partition coefficient (Wildman–Crippen LogP) is 0.578. The standard InChI is InChI=1S/C10H7IN2/c1-2-4-9-6-13-7-11-12-10(13)5-8(9)3-1/h1-7H. The van der Waals surface area contributed by atoms with Crippen molar-refractivity contribution in [2.24, 2.45) is 3.21 Å². The highest BCUT2D eigenvalue weighted by molar-refractivity contribution is 14.2. The number of hydrogen-bond donors (Lipinski definition) is 0. The molecule has 0 amide bonds. The van der Waals surface area contributed by atoms with Gasteiger partial charge in [-0.2, -0.15) is 0 Å². The van der Waals surface area contributed by atoms with Crippen LogP contribution in [0, 0.1) is 0 Å². The highest BCUT2D eigenvalue weighted by atomic mass is 127. The van der Waals surface area contributed by atoms with Crippen LogP contribution in [-0.2, 0) is 0 Å². The van der Waals surface area contributed by atoms with Crippen LogP contribution in [0.4, 0.5) is 0 Å². The van der Waals surface area contributed by atoms with E-state index < -0.39 is 0 Å². The van der Waals surface area contributed by atoms with E-state index in [1.807, 2.05) is 0 Å². The molecule has 64 valence electrons. The van der Waals surface area contributed by atoms with Crippen LogP contribution in [0.25, 0.3) is 12.3 Å². The molecule has 3 heteroatoms. The predicted molar refractivity (Wildman–Crippen MR) is 64.0 cm³/mol. The van der Waals surface area contributed by atoms with Crippen molar-refractivity contribution < 1.29 is 0 Å². The van der Waals surface area contributed by atoms with Gasteiger partial charge in [0, 0.05) is 27.2 Å². The molecule has 0 atom stereocenters. The fraction of sp³-hybridized carbons (Fsp3) is 0. The maximum atomic E-state index is 4.47. The lowest BCUT2D eigenvalue weighted by Gasteiger charge is -2.13. The van der Waals surface area contributed by atoms with Crippen molar-refractivity contribution in [2.45, 2.75) is 0 Å². The van der Waals surface area contributed by atoms with Gasteiger partial charge in [-0.25, -0.2) is 3.21 Å². The van der Waals surface area contributed by atoms with Crippen molar-refractivity contribution in [2.75, 3.05) is 0 Å². The Morgan fingerprint density at radius 1 is 1.15 bits per heavy atom. The highest BCUT2D eigenvalue weighted by Crippen LogP contribution is 2.12. The minimum atomic E-state index is -0.0885. The van der Waals surface area contributed by atoms with Crippen LogP contribution in [0.15, 0.2) is 27.5 Å². The summed E-state index contributed by atoms with van der Waals surface area (Å²) >= 11 is -0.0885. The van der Waals surface area contributed by atoms with E-state index in [9.17, 15) is 0 Å². The van der Waals surface area contributed by atoms with Crippen molar-refractivity contribution in [3.63, 3.8) is 0 Å². The Morgan fingerprint density at radius 3 is 2.92 bits per heavy atom. The molecule has 1 aromatic rings. The molecule has 0 bridgehead atoms. The van der Waals surface area contributed by atoms with E-state index >= 15 is 0 Å². The Kier molecular flexibility index (Phi) is 1.58. The Morgan fingerprint density at radius 2 is 2.00 bits per heavy atom. The quantitative estimate of drug-likeness (QED) is 0.636. The van der Waals surface area contributed by atoms with E-state index in [-0.39, 0.29) is 21.0 Å². The Bertz CT molecular complexity index is 528. The molecule has 0 fully saturated rings. The molecule has 0 radical (unpaired) electrons. The van der Waals surface area contributed by atoms with Crippen LogP contribution in [0.5, 0.6) is 0 Å². The topological polar surface area (TPSA) is 15.6 Å². The number of hydrogen-bond acceptors (Lipinski definition) is 2. The van der Waals surface area contributed by atoms with Gasteiger partial charge in [0.05, 0.1) is 4.14 Å². The lowest BCUT2D eigenvalue weighted by molar-refractivity contribution is 0.955. The first-order valence-electron chi connectivity index (χ1n) is 4.04. The van der Waals surface area contributed by atoms with Crippen LogP contribution in [0.3, 0.4) is 0 Å². The second kappa shape index (κ2) is 2.77. The van der Waals surface area contributed by atoms with E-state index in [1.165, 1.54) is 10.4 Å². The van der Waals surface area contributed by atoms with Gasteiger partial charge in [-0.3, -0.25) is 0 Å². The van der Waals surface area contributed by atoms with Crippen molar-refractivity contribution in [3.8, 4) is 0 Å². The van der Waals surface area contributed by atoms with E-state index in [0.29, 0.717) is 0 Å². The van der Waals surface area contributed by atoms with Gasteiger partial charge in [0.15, 0.2) is 0 Å². The lowest BCUT2D eigenvalue weighted by Crippen LogP contribution is -2.36. The first kappa shape index (κ1) is 7.44. The van der Waals surface area contributed by atoms with Gasteiger partial charge in [0.1, 0.15) is 5.84 Å². The number of nitrogens with zero attached hydrogens (tertiary/aromatic N) is 2. The number of halogens is 1. The summed E-state index contributed by atoms with van der Waals surface area (Å²) < 4.78 is 6.66. The van der Waals surface area contributed by atoms with E-state index in [4.69, 9.17) is 0 Å². The molecule has 2 aliphatic heterocycles. The fourth-order valence-electron chi connectivity index (χ4n) is 1.45. The lowest BCUT2D eigenvalue weighted by atomic mass is 10.2. The molecule has 2 nitrogen and oxygen atoms in total. The van der Waals surface area contributed by atoms with Gasteiger partial charge in [0.25, 0.3) is 0 Å². The molecule has 3 rings (SSSR count). The van der Waals surface area contributed by atoms with Crippen LogP contribution >= 0.6 is 21.0 Å². The summed E-state index contributed by atoms with van der Waals surface area (Å²) in [6, 6.07) is 8.39. The Hall–Kier alpha value is -0.970. The zero-order valence-corrected chi connectivity index (χ0v) is 8.97. The summed E-state index contributed by atoms with van der Waals surface area (Å²) in [5, 5.41) is 2.56. The number of rotatable bonds is 0. The normalized spacial score (nSPS) is 17.5. The SMILES string of the molecule is C1=IN=C2C=c3ccccc3=CN12. The minimum absolute atomic E-state index is 0.0885. The second-order valence-corrected chi connectivity index (χ2v) is 4.54. The maximum absolute atomic E-state index is 4.47. The molecule has 1 aromatic carbocycles. The van der Waals surface area contributed by atoms with Gasteiger partial charge < -0.3 is 4.90 Å². The van der Waals surface area contributed by atoms with Gasteiger partial charge in [-0.15, -0.1) is 0 Å². The summed E-state index contributed by atoms with van der Waals surface area (Å²) in [5.74, 6) is 1.10. The smallest absolute Gasteiger partial charge is 0.143 e. The van der Waals surface area contributed by atoms with Gasteiger partial charge in [-0.1, -0.05) is 24.3 Å². The Balaban J connectivity index is 2.37. The molecule has 13 heavy (non-hydrogen) atoms. The molecule has 0 saturated heterocycles. The third-order valence-corrected chi connectivity index (χ3v) is 3.73. The molecule has 0 saturated carbocycles. The highest BCUT2D eigenvalue weighted by Gasteiger charge is 2.10. The van der Waals surface area contributed by atoms with E-state index in [2.05, 4.69) is 48.8 Å². The minimum Gasteiger partial charge on any atom is -0.301 e. The average Bonchev–Trinajstić information content (AvgIpc) is 2.61. The summed E-state index contributed by atoms with van der Waals surface area (Å²) in [7, 11) is 0. The number of benzene rings is 1. The first-order chi connectivity index (χ1) is 6.43. The molecule has 0 aromatic heterocycles. The molecule has 0 unspecified atom stereocenters. The average molecular weight is 282 g/mol. The van der Waals surface area contributed by atoms with E-state index in [0.717, 1.165) is 5.84 Å². The van der Waals surface area contributed by atoms with Crippen molar-refractivity contribution in [1.82, 2.24) is 4.90 Å². The fourth-order valence-corrected chi connectivity index (χ4v) is 2.97. The van der Waals surface area contributed by atoms with Crippen molar-refractivity contribution >= 4 is 43.3 Å². The first-order valence-corrected chi connectivity index (χ1v) is 6.25. The summed E-state index contributed by atoms with van der Waals surface area (Å²) in [5.41, 5.74) is 0. The third-order valence-electron chi connectivity index (χ3n) is 2.11. The zero-order valence-electron chi connectivity index (χ0n) is 6.81.